The van der Waals surface area contributed by atoms with E-state index < -0.39 is 11.9 Å². The molecule has 24 heavy (non-hydrogen) atoms. The second-order valence-electron chi connectivity index (χ2n) is 6.55. The molecule has 1 aromatic rings. The number of carboxylic acids is 1. The zero-order chi connectivity index (χ0) is 18.0. The number of aromatic nitrogens is 2. The number of ketones is 1. The van der Waals surface area contributed by atoms with E-state index in [0.717, 1.165) is 12.8 Å². The van der Waals surface area contributed by atoms with Gasteiger partial charge in [0.05, 0.1) is 17.2 Å². The van der Waals surface area contributed by atoms with Gasteiger partial charge in [0.25, 0.3) is 0 Å². The lowest BCUT2D eigenvalue weighted by Crippen LogP contribution is -2.33. The Kier molecular flexibility index (Phi) is 5.41. The van der Waals surface area contributed by atoms with Gasteiger partial charge in [-0.2, -0.15) is 5.10 Å². The van der Waals surface area contributed by atoms with E-state index in [9.17, 15) is 19.5 Å². The number of likely N-dealkylation sites (tertiary alicyclic amines) is 1. The largest absolute Gasteiger partial charge is 0.481 e. The molecule has 0 saturated carbocycles. The number of amides is 1. The maximum absolute atomic E-state index is 12.6. The monoisotopic (exact) mass is 335 g/mol. The summed E-state index contributed by atoms with van der Waals surface area (Å²) in [7, 11) is 0. The molecule has 132 valence electrons. The van der Waals surface area contributed by atoms with Crippen molar-refractivity contribution in [3.63, 3.8) is 0 Å². The molecular formula is C17H25N3O4. The number of aryl methyl sites for hydroxylation is 1. The summed E-state index contributed by atoms with van der Waals surface area (Å²) in [6, 6.07) is 0. The smallest absolute Gasteiger partial charge is 0.308 e. The maximum Gasteiger partial charge on any atom is 0.308 e. The van der Waals surface area contributed by atoms with Gasteiger partial charge in [-0.15, -0.1) is 0 Å². The summed E-state index contributed by atoms with van der Waals surface area (Å²) in [4.78, 5) is 37.2. The van der Waals surface area contributed by atoms with Gasteiger partial charge in [0.15, 0.2) is 5.78 Å². The van der Waals surface area contributed by atoms with Crippen molar-refractivity contribution in [1.82, 2.24) is 14.7 Å². The van der Waals surface area contributed by atoms with E-state index in [2.05, 4.69) is 5.10 Å². The number of carboxylic acid groups (broad SMARTS) is 1. The van der Waals surface area contributed by atoms with E-state index in [1.807, 2.05) is 6.92 Å². The summed E-state index contributed by atoms with van der Waals surface area (Å²) in [5.41, 5.74) is 1.84. The molecule has 1 saturated heterocycles. The first-order valence-electron chi connectivity index (χ1n) is 8.31. The molecule has 1 N–H and O–H groups in total. The van der Waals surface area contributed by atoms with Crippen molar-refractivity contribution in [3.8, 4) is 0 Å². The van der Waals surface area contributed by atoms with Gasteiger partial charge in [-0.1, -0.05) is 13.3 Å². The molecule has 0 radical (unpaired) electrons. The van der Waals surface area contributed by atoms with Crippen molar-refractivity contribution in [3.05, 3.63) is 17.0 Å². The lowest BCUT2D eigenvalue weighted by atomic mass is 9.92. The SMILES string of the molecule is CCCC1CN(C(=O)Cn2nc(C)c(C(C)=O)c2C)CC1C(=O)O. The fraction of sp³-hybridized carbons (Fsp3) is 0.647. The number of rotatable bonds is 6. The van der Waals surface area contributed by atoms with Crippen molar-refractivity contribution < 1.29 is 19.5 Å². The number of carbonyl (C=O) groups is 3. The molecule has 1 aliphatic rings. The van der Waals surface area contributed by atoms with Crippen molar-refractivity contribution in [2.75, 3.05) is 13.1 Å². The number of hydrogen-bond donors (Lipinski definition) is 1. The zero-order valence-electron chi connectivity index (χ0n) is 14.7. The second kappa shape index (κ2) is 7.15. The van der Waals surface area contributed by atoms with Crippen LogP contribution in [0.3, 0.4) is 0 Å². The number of Topliss-reactive ketones (excluding diaryl/α,β-unsaturated/α-hetero) is 1. The lowest BCUT2D eigenvalue weighted by Gasteiger charge is -2.16. The van der Waals surface area contributed by atoms with Gasteiger partial charge in [-0.3, -0.25) is 19.1 Å². The highest BCUT2D eigenvalue weighted by Gasteiger charge is 2.39. The van der Waals surface area contributed by atoms with Crippen LogP contribution in [0.15, 0.2) is 0 Å². The summed E-state index contributed by atoms with van der Waals surface area (Å²) in [5.74, 6) is -1.56. The van der Waals surface area contributed by atoms with E-state index >= 15 is 0 Å². The van der Waals surface area contributed by atoms with Crippen molar-refractivity contribution in [2.24, 2.45) is 11.8 Å². The minimum Gasteiger partial charge on any atom is -0.481 e. The minimum absolute atomic E-state index is 0.00434. The quantitative estimate of drug-likeness (QED) is 0.798. The van der Waals surface area contributed by atoms with Gasteiger partial charge < -0.3 is 10.0 Å². The van der Waals surface area contributed by atoms with Crippen molar-refractivity contribution in [1.29, 1.82) is 0 Å². The summed E-state index contributed by atoms with van der Waals surface area (Å²) in [6.45, 7) is 7.77. The third kappa shape index (κ3) is 3.49. The molecule has 7 heteroatoms. The summed E-state index contributed by atoms with van der Waals surface area (Å²) < 4.78 is 1.54. The van der Waals surface area contributed by atoms with E-state index in [1.54, 1.807) is 18.7 Å². The Morgan fingerprint density at radius 2 is 1.92 bits per heavy atom. The van der Waals surface area contributed by atoms with Crippen molar-refractivity contribution in [2.45, 2.75) is 47.1 Å². The Morgan fingerprint density at radius 1 is 1.25 bits per heavy atom. The molecular weight excluding hydrogens is 310 g/mol. The standard InChI is InChI=1S/C17H25N3O4/c1-5-6-13-7-19(8-14(13)17(23)24)15(22)9-20-11(3)16(12(4)21)10(2)18-20/h13-14H,5-9H2,1-4H3,(H,23,24). The number of hydrogen-bond acceptors (Lipinski definition) is 4. The Labute approximate surface area is 141 Å². The highest BCUT2D eigenvalue weighted by atomic mass is 16.4. The van der Waals surface area contributed by atoms with Gasteiger partial charge >= 0.3 is 5.97 Å². The lowest BCUT2D eigenvalue weighted by molar-refractivity contribution is -0.142. The first-order chi connectivity index (χ1) is 11.3. The molecule has 1 fully saturated rings. The molecule has 1 aromatic heterocycles. The molecule has 0 bridgehead atoms. The van der Waals surface area contributed by atoms with Crippen LogP contribution in [0.4, 0.5) is 0 Å². The van der Waals surface area contributed by atoms with Crippen LogP contribution in [-0.2, 0) is 16.1 Å². The van der Waals surface area contributed by atoms with Crippen LogP contribution >= 0.6 is 0 Å². The van der Waals surface area contributed by atoms with Crippen LogP contribution in [0.25, 0.3) is 0 Å². The van der Waals surface area contributed by atoms with Crippen LogP contribution in [0.2, 0.25) is 0 Å². The predicted octanol–water partition coefficient (Wildman–Crippen LogP) is 1.66. The van der Waals surface area contributed by atoms with Gasteiger partial charge in [0.1, 0.15) is 6.54 Å². The maximum atomic E-state index is 12.6. The second-order valence-corrected chi connectivity index (χ2v) is 6.55. The van der Waals surface area contributed by atoms with Crippen LogP contribution in [0, 0.1) is 25.7 Å². The Balaban J connectivity index is 2.12. The fourth-order valence-corrected chi connectivity index (χ4v) is 3.61. The average molecular weight is 335 g/mol. The molecule has 1 aliphatic heterocycles. The van der Waals surface area contributed by atoms with Crippen LogP contribution in [0.5, 0.6) is 0 Å². The third-order valence-corrected chi connectivity index (χ3v) is 4.79. The van der Waals surface area contributed by atoms with Crippen molar-refractivity contribution >= 4 is 17.7 Å². The van der Waals surface area contributed by atoms with Crippen LogP contribution in [0.1, 0.15) is 48.4 Å². The highest BCUT2D eigenvalue weighted by molar-refractivity contribution is 5.96. The minimum atomic E-state index is -0.839. The third-order valence-electron chi connectivity index (χ3n) is 4.79. The molecule has 2 unspecified atom stereocenters. The number of carbonyl (C=O) groups excluding carboxylic acids is 2. The first kappa shape index (κ1) is 18.2. The Bertz CT molecular complexity index is 665. The van der Waals surface area contributed by atoms with Gasteiger partial charge in [-0.25, -0.2) is 0 Å². The van der Waals surface area contributed by atoms with Gasteiger partial charge in [0.2, 0.25) is 5.91 Å². The van der Waals surface area contributed by atoms with E-state index in [-0.39, 0.29) is 30.7 Å². The number of aliphatic carboxylic acids is 1. The predicted molar refractivity (Wildman–Crippen MR) is 87.8 cm³/mol. The molecule has 1 amide bonds. The molecule has 0 aromatic carbocycles. The zero-order valence-corrected chi connectivity index (χ0v) is 14.7. The summed E-state index contributed by atoms with van der Waals surface area (Å²) in [5, 5.41) is 13.6. The average Bonchev–Trinajstić information content (AvgIpc) is 3.01. The molecule has 2 rings (SSSR count). The molecule has 2 heterocycles. The van der Waals surface area contributed by atoms with Gasteiger partial charge in [-0.05, 0) is 33.1 Å². The Hall–Kier alpha value is -2.18. The molecule has 2 atom stereocenters. The van der Waals surface area contributed by atoms with E-state index in [1.165, 1.54) is 11.6 Å². The molecule has 7 nitrogen and oxygen atoms in total. The van der Waals surface area contributed by atoms with E-state index in [0.29, 0.717) is 23.5 Å². The van der Waals surface area contributed by atoms with Crippen LogP contribution < -0.4 is 0 Å². The summed E-state index contributed by atoms with van der Waals surface area (Å²) >= 11 is 0. The molecule has 0 aliphatic carbocycles. The highest BCUT2D eigenvalue weighted by Crippen LogP contribution is 2.28. The molecule has 0 spiro atoms. The van der Waals surface area contributed by atoms with E-state index in [4.69, 9.17) is 0 Å². The normalized spacial score (nSPS) is 20.4. The van der Waals surface area contributed by atoms with Crippen LogP contribution in [-0.4, -0.2) is 50.5 Å². The summed E-state index contributed by atoms with van der Waals surface area (Å²) in [6.07, 6.45) is 1.70. The fourth-order valence-electron chi connectivity index (χ4n) is 3.61. The topological polar surface area (TPSA) is 92.5 Å². The Morgan fingerprint density at radius 3 is 2.42 bits per heavy atom. The van der Waals surface area contributed by atoms with Gasteiger partial charge in [0, 0.05) is 18.8 Å². The number of nitrogens with zero attached hydrogens (tertiary/aromatic N) is 3. The first-order valence-corrected chi connectivity index (χ1v) is 8.31.